The number of rotatable bonds is 2. The molecule has 9 heteroatoms. The fraction of sp³-hybridized carbons (Fsp3) is 0.750. The van der Waals surface area contributed by atoms with Crippen molar-refractivity contribution in [3.63, 3.8) is 0 Å². The van der Waals surface area contributed by atoms with Crippen molar-refractivity contribution >= 4 is 16.1 Å². The SMILES string of the molecule is COC(=O)C(C(F)(F)F)S(=O)(=O)O. The van der Waals surface area contributed by atoms with Gasteiger partial charge in [-0.1, -0.05) is 0 Å². The molecule has 0 fully saturated rings. The van der Waals surface area contributed by atoms with E-state index in [1.807, 2.05) is 0 Å². The third kappa shape index (κ3) is 3.19. The van der Waals surface area contributed by atoms with E-state index in [1.165, 1.54) is 0 Å². The number of carbonyl (C=O) groups excluding carboxylic acids is 1. The predicted octanol–water partition coefficient (Wildman–Crippen LogP) is -0.0219. The molecule has 5 nitrogen and oxygen atoms in total. The summed E-state index contributed by atoms with van der Waals surface area (Å²) in [6.45, 7) is 0. The fourth-order valence-electron chi connectivity index (χ4n) is 0.531. The Morgan fingerprint density at radius 1 is 1.46 bits per heavy atom. The molecule has 0 spiro atoms. The second kappa shape index (κ2) is 3.50. The number of hydrogen-bond donors (Lipinski definition) is 1. The summed E-state index contributed by atoms with van der Waals surface area (Å²) in [6, 6.07) is 0. The third-order valence-electron chi connectivity index (χ3n) is 1.01. The lowest BCUT2D eigenvalue weighted by molar-refractivity contribution is -0.167. The van der Waals surface area contributed by atoms with Crippen molar-refractivity contribution in [3.05, 3.63) is 0 Å². The third-order valence-corrected chi connectivity index (χ3v) is 2.07. The molecular formula is C4H5F3O5S. The Labute approximate surface area is 71.2 Å². The molecule has 0 rings (SSSR count). The zero-order valence-corrected chi connectivity index (χ0v) is 7.02. The molecule has 0 aliphatic carbocycles. The topological polar surface area (TPSA) is 80.7 Å². The smallest absolute Gasteiger partial charge is 0.418 e. The van der Waals surface area contributed by atoms with Gasteiger partial charge >= 0.3 is 12.1 Å². The second-order valence-electron chi connectivity index (χ2n) is 1.96. The van der Waals surface area contributed by atoms with Gasteiger partial charge in [-0.2, -0.15) is 21.6 Å². The van der Waals surface area contributed by atoms with Gasteiger partial charge in [-0.05, 0) is 0 Å². The van der Waals surface area contributed by atoms with Gasteiger partial charge < -0.3 is 4.74 Å². The van der Waals surface area contributed by atoms with E-state index in [0.29, 0.717) is 7.11 Å². The highest BCUT2D eigenvalue weighted by Crippen LogP contribution is 2.26. The quantitative estimate of drug-likeness (QED) is 0.524. The minimum atomic E-state index is -5.53. The Bertz CT molecular complexity index is 291. The Morgan fingerprint density at radius 3 is 1.92 bits per heavy atom. The van der Waals surface area contributed by atoms with E-state index in [2.05, 4.69) is 4.74 Å². The molecule has 0 aromatic rings. The standard InChI is InChI=1S/C4H5F3O5S/c1-12-3(8)2(4(5,6)7)13(9,10)11/h2H,1H3,(H,9,10,11). The van der Waals surface area contributed by atoms with Gasteiger partial charge in [-0.25, -0.2) is 0 Å². The van der Waals surface area contributed by atoms with Gasteiger partial charge in [0.15, 0.2) is 0 Å². The van der Waals surface area contributed by atoms with E-state index < -0.39 is 27.5 Å². The zero-order valence-electron chi connectivity index (χ0n) is 6.20. The molecule has 0 heterocycles. The summed E-state index contributed by atoms with van der Waals surface area (Å²) in [5, 5.41) is -3.54. The molecule has 0 aromatic heterocycles. The van der Waals surface area contributed by atoms with Crippen LogP contribution in [0.4, 0.5) is 13.2 Å². The molecule has 0 aromatic carbocycles. The van der Waals surface area contributed by atoms with Gasteiger partial charge in [0.05, 0.1) is 7.11 Å². The number of carbonyl (C=O) groups is 1. The van der Waals surface area contributed by atoms with Crippen molar-refractivity contribution in [1.29, 1.82) is 0 Å². The highest BCUT2D eigenvalue weighted by molar-refractivity contribution is 7.87. The molecule has 0 radical (unpaired) electrons. The molecule has 0 saturated carbocycles. The van der Waals surface area contributed by atoms with E-state index in [9.17, 15) is 26.4 Å². The molecule has 0 amide bonds. The van der Waals surface area contributed by atoms with Crippen molar-refractivity contribution < 1.29 is 35.7 Å². The molecule has 1 unspecified atom stereocenters. The maximum absolute atomic E-state index is 11.8. The van der Waals surface area contributed by atoms with Crippen molar-refractivity contribution in [2.75, 3.05) is 7.11 Å². The number of hydrogen-bond acceptors (Lipinski definition) is 4. The maximum Gasteiger partial charge on any atom is 0.418 e. The summed E-state index contributed by atoms with van der Waals surface area (Å²) in [5.74, 6) is -2.07. The lowest BCUT2D eigenvalue weighted by Gasteiger charge is -2.14. The number of ether oxygens (including phenoxy) is 1. The number of esters is 1. The first-order valence-corrected chi connectivity index (χ1v) is 4.22. The van der Waals surface area contributed by atoms with Crippen LogP contribution in [-0.4, -0.2) is 37.5 Å². The lowest BCUT2D eigenvalue weighted by Crippen LogP contribution is -2.43. The summed E-state index contributed by atoms with van der Waals surface area (Å²) >= 11 is 0. The largest absolute Gasteiger partial charge is 0.468 e. The highest BCUT2D eigenvalue weighted by Gasteiger charge is 2.54. The van der Waals surface area contributed by atoms with E-state index in [0.717, 1.165) is 0 Å². The summed E-state index contributed by atoms with van der Waals surface area (Å²) in [6.07, 6.45) is -5.39. The molecule has 1 N–H and O–H groups in total. The zero-order chi connectivity index (χ0) is 10.9. The summed E-state index contributed by atoms with van der Waals surface area (Å²) in [4.78, 5) is 10.3. The summed E-state index contributed by atoms with van der Waals surface area (Å²) in [5.41, 5.74) is 0. The second-order valence-corrected chi connectivity index (χ2v) is 3.46. The Morgan fingerprint density at radius 2 is 1.85 bits per heavy atom. The van der Waals surface area contributed by atoms with Gasteiger partial charge in [-0.3, -0.25) is 9.35 Å². The molecule has 1 atom stereocenters. The van der Waals surface area contributed by atoms with E-state index in [-0.39, 0.29) is 0 Å². The minimum absolute atomic E-state index is 0.576. The van der Waals surface area contributed by atoms with Crippen LogP contribution in [0, 0.1) is 0 Å². The van der Waals surface area contributed by atoms with Crippen LogP contribution < -0.4 is 0 Å². The van der Waals surface area contributed by atoms with Crippen LogP contribution in [0.15, 0.2) is 0 Å². The van der Waals surface area contributed by atoms with Crippen LogP contribution in [0.25, 0.3) is 0 Å². The first kappa shape index (κ1) is 12.2. The summed E-state index contributed by atoms with van der Waals surface area (Å²) in [7, 11) is -4.96. The van der Waals surface area contributed by atoms with E-state index in [4.69, 9.17) is 4.55 Å². The molecule has 0 aliphatic rings. The normalized spacial score (nSPS) is 15.2. The van der Waals surface area contributed by atoms with Crippen molar-refractivity contribution in [1.82, 2.24) is 0 Å². The van der Waals surface area contributed by atoms with Crippen molar-refractivity contribution in [3.8, 4) is 0 Å². The van der Waals surface area contributed by atoms with Gasteiger partial charge in [0.1, 0.15) is 0 Å². The van der Waals surface area contributed by atoms with Crippen LogP contribution in [0.2, 0.25) is 0 Å². The Hall–Kier alpha value is -0.830. The summed E-state index contributed by atoms with van der Waals surface area (Å²) < 4.78 is 67.3. The molecule has 0 bridgehead atoms. The van der Waals surface area contributed by atoms with Crippen molar-refractivity contribution in [2.45, 2.75) is 11.4 Å². The molecule has 13 heavy (non-hydrogen) atoms. The Kier molecular flexibility index (Phi) is 3.28. The van der Waals surface area contributed by atoms with Crippen LogP contribution >= 0.6 is 0 Å². The minimum Gasteiger partial charge on any atom is -0.468 e. The van der Waals surface area contributed by atoms with E-state index >= 15 is 0 Å². The van der Waals surface area contributed by atoms with Gasteiger partial charge in [0.2, 0.25) is 0 Å². The van der Waals surface area contributed by atoms with Gasteiger partial charge in [0.25, 0.3) is 15.4 Å². The maximum atomic E-state index is 11.8. The van der Waals surface area contributed by atoms with Crippen LogP contribution in [0.1, 0.15) is 0 Å². The average Bonchev–Trinajstić information content (AvgIpc) is 1.80. The van der Waals surface area contributed by atoms with Crippen molar-refractivity contribution in [2.24, 2.45) is 0 Å². The number of halogens is 3. The molecular weight excluding hydrogens is 217 g/mol. The highest BCUT2D eigenvalue weighted by atomic mass is 32.2. The molecule has 0 aliphatic heterocycles. The first-order chi connectivity index (χ1) is 5.60. The van der Waals surface area contributed by atoms with Gasteiger partial charge in [-0.15, -0.1) is 0 Å². The molecule has 78 valence electrons. The number of methoxy groups -OCH3 is 1. The van der Waals surface area contributed by atoms with Crippen LogP contribution in [0.5, 0.6) is 0 Å². The number of alkyl halides is 3. The molecule has 0 saturated heterocycles. The van der Waals surface area contributed by atoms with Gasteiger partial charge in [0, 0.05) is 0 Å². The average molecular weight is 222 g/mol. The monoisotopic (exact) mass is 222 g/mol. The fourth-order valence-corrected chi connectivity index (χ4v) is 1.21. The predicted molar refractivity (Wildman–Crippen MR) is 33.4 cm³/mol. The van der Waals surface area contributed by atoms with Crippen LogP contribution in [-0.2, 0) is 19.6 Å². The Balaban J connectivity index is 5.14. The van der Waals surface area contributed by atoms with E-state index in [1.54, 1.807) is 0 Å². The lowest BCUT2D eigenvalue weighted by atomic mass is 10.4. The van der Waals surface area contributed by atoms with Crippen LogP contribution in [0.3, 0.4) is 0 Å². The first-order valence-electron chi connectivity index (χ1n) is 2.71.